The summed E-state index contributed by atoms with van der Waals surface area (Å²) in [5.41, 5.74) is 2.12. The molecule has 0 aliphatic heterocycles. The molecule has 0 atom stereocenters. The van der Waals surface area contributed by atoms with E-state index < -0.39 is 0 Å². The van der Waals surface area contributed by atoms with Gasteiger partial charge in [0.1, 0.15) is 0 Å². The van der Waals surface area contributed by atoms with E-state index in [2.05, 4.69) is 5.52 Å². The Morgan fingerprint density at radius 2 is 1.00 bits per heavy atom. The van der Waals surface area contributed by atoms with Gasteiger partial charge in [0.2, 0.25) is 0 Å². The van der Waals surface area contributed by atoms with Gasteiger partial charge < -0.3 is 0 Å². The Morgan fingerprint density at radius 1 is 1.00 bits per heavy atom. The van der Waals surface area contributed by atoms with E-state index in [1.807, 2.05) is 0 Å². The minimum absolute atomic E-state index is 0. The van der Waals surface area contributed by atoms with Gasteiger partial charge in [0.15, 0.2) is 0 Å². The van der Waals surface area contributed by atoms with Crippen LogP contribution in [0.15, 0.2) is 0 Å². The third-order valence-electron chi connectivity index (χ3n) is 0. The molecule has 0 saturated heterocycles. The Labute approximate surface area is 70.8 Å². The van der Waals surface area contributed by atoms with Crippen molar-refractivity contribution in [2.45, 2.75) is 5.52 Å². The van der Waals surface area contributed by atoms with Gasteiger partial charge >= 0.3 is 23.8 Å². The summed E-state index contributed by atoms with van der Waals surface area (Å²) in [4.78, 5) is 0. The van der Waals surface area contributed by atoms with Crippen molar-refractivity contribution in [1.82, 2.24) is 0 Å². The van der Waals surface area contributed by atoms with E-state index >= 15 is 0 Å². The average molecular weight is 336 g/mol. The molecule has 0 aromatic carbocycles. The number of hydrogen-bond acceptors (Lipinski definition) is 0. The van der Waals surface area contributed by atoms with Crippen molar-refractivity contribution in [3.05, 3.63) is 0 Å². The molecule has 0 bridgehead atoms. The standard InChI is InChI=1S/CH3.2HI.Zn/h1H3;2*1H;. The predicted octanol–water partition coefficient (Wildman–Crippen LogP) is 1.82. The topological polar surface area (TPSA) is 0 Å². The monoisotopic (exact) mass is 335 g/mol. The number of rotatable bonds is 0. The van der Waals surface area contributed by atoms with Crippen molar-refractivity contribution >= 4 is 48.0 Å². The fraction of sp³-hybridized carbons (Fsp3) is 1.00. The van der Waals surface area contributed by atoms with Gasteiger partial charge in [-0.2, -0.15) is 0 Å². The summed E-state index contributed by atoms with van der Waals surface area (Å²) in [6.45, 7) is 0. The van der Waals surface area contributed by atoms with Gasteiger partial charge in [0.25, 0.3) is 0 Å². The first-order chi connectivity index (χ1) is 1.00. The Bertz CT molecular complexity index is 6.00. The van der Waals surface area contributed by atoms with Crippen LogP contribution in [-0.2, 0) is 18.3 Å². The van der Waals surface area contributed by atoms with Gasteiger partial charge in [-0.3, -0.25) is 0 Å². The van der Waals surface area contributed by atoms with Gasteiger partial charge in [-0.1, -0.05) is 0 Å². The molecule has 0 fully saturated rings. The second kappa shape index (κ2) is 19.5. The summed E-state index contributed by atoms with van der Waals surface area (Å²) in [5.74, 6) is 0. The molecule has 4 heavy (non-hydrogen) atoms. The Kier molecular flexibility index (Phi) is 80.7. The van der Waals surface area contributed by atoms with Gasteiger partial charge in [-0.25, -0.2) is 0 Å². The first kappa shape index (κ1) is 16.5. The molecule has 0 unspecified atom stereocenters. The predicted molar refractivity (Wildman–Crippen MR) is 36.7 cm³/mol. The molecule has 0 aliphatic carbocycles. The van der Waals surface area contributed by atoms with Crippen molar-refractivity contribution in [3.63, 3.8) is 0 Å². The van der Waals surface area contributed by atoms with Crippen LogP contribution in [0.2, 0.25) is 5.52 Å². The summed E-state index contributed by atoms with van der Waals surface area (Å²) in [7, 11) is 0. The van der Waals surface area contributed by atoms with Crippen molar-refractivity contribution < 1.29 is 18.3 Å². The van der Waals surface area contributed by atoms with Crippen LogP contribution in [0.3, 0.4) is 0 Å². The van der Waals surface area contributed by atoms with Crippen LogP contribution < -0.4 is 0 Å². The van der Waals surface area contributed by atoms with Crippen LogP contribution in [0.1, 0.15) is 0 Å². The third-order valence-corrected chi connectivity index (χ3v) is 0. The van der Waals surface area contributed by atoms with E-state index in [1.165, 1.54) is 18.3 Å². The zero-order valence-electron chi connectivity index (χ0n) is 2.52. The quantitative estimate of drug-likeness (QED) is 0.468. The van der Waals surface area contributed by atoms with Gasteiger partial charge in [-0.15, -0.1) is 48.0 Å². The summed E-state index contributed by atoms with van der Waals surface area (Å²) in [6, 6.07) is 0. The number of halogens is 2. The molecule has 0 aliphatic rings. The zero-order chi connectivity index (χ0) is 2.00. The second-order valence-electron chi connectivity index (χ2n) is 0. The Balaban J connectivity index is -0.00000000500. The molecule has 0 N–H and O–H groups in total. The average Bonchev–Trinajstić information content (AvgIpc) is 1.00. The van der Waals surface area contributed by atoms with E-state index in [1.54, 1.807) is 0 Å². The van der Waals surface area contributed by atoms with Crippen LogP contribution >= 0.6 is 48.0 Å². The summed E-state index contributed by atoms with van der Waals surface area (Å²) in [6.07, 6.45) is 0. The Morgan fingerprint density at radius 3 is 1.00 bits per heavy atom. The van der Waals surface area contributed by atoms with E-state index in [-0.39, 0.29) is 48.0 Å². The van der Waals surface area contributed by atoms with Crippen molar-refractivity contribution in [1.29, 1.82) is 0 Å². The van der Waals surface area contributed by atoms with Crippen molar-refractivity contribution in [2.24, 2.45) is 0 Å². The van der Waals surface area contributed by atoms with Gasteiger partial charge in [0, 0.05) is 0 Å². The maximum atomic E-state index is 2.12. The molecule has 0 heterocycles. The van der Waals surface area contributed by atoms with Crippen LogP contribution in [0, 0.1) is 0 Å². The van der Waals surface area contributed by atoms with Gasteiger partial charge in [-0.05, 0) is 0 Å². The van der Waals surface area contributed by atoms with Crippen LogP contribution in [0.4, 0.5) is 0 Å². The fourth-order valence-corrected chi connectivity index (χ4v) is 0. The molecule has 0 nitrogen and oxygen atoms in total. The molecule has 0 aromatic rings. The molecule has 0 aromatic heterocycles. The van der Waals surface area contributed by atoms with E-state index in [4.69, 9.17) is 0 Å². The van der Waals surface area contributed by atoms with E-state index in [0.717, 1.165) is 0 Å². The normalized spacial score (nSPS) is 1.75. The molecule has 0 rings (SSSR count). The molecule has 0 radical (unpaired) electrons. The third kappa shape index (κ3) is 8.94. The number of hydrogen-bond donors (Lipinski definition) is 0. The molecule has 0 spiro atoms. The maximum absolute atomic E-state index is 2.12. The molecule has 0 amide bonds. The molecular weight excluding hydrogens is 331 g/mol. The minimum atomic E-state index is 0. The van der Waals surface area contributed by atoms with Crippen LogP contribution in [-0.4, -0.2) is 0 Å². The first-order valence-corrected chi connectivity index (χ1v) is 3.67. The summed E-state index contributed by atoms with van der Waals surface area (Å²) < 4.78 is 0. The Hall–Kier alpha value is 2.08. The van der Waals surface area contributed by atoms with Crippen molar-refractivity contribution in [3.8, 4) is 0 Å². The van der Waals surface area contributed by atoms with Crippen molar-refractivity contribution in [2.75, 3.05) is 0 Å². The van der Waals surface area contributed by atoms with Crippen LogP contribution in [0.5, 0.6) is 0 Å². The first-order valence-electron chi connectivity index (χ1n) is 0.707. The zero-order valence-corrected chi connectivity index (χ0v) is 10.2. The fourth-order valence-electron chi connectivity index (χ4n) is 0. The second-order valence-corrected chi connectivity index (χ2v) is 0. The van der Waals surface area contributed by atoms with Gasteiger partial charge in [0.05, 0.1) is 0 Å². The molecule has 25 valence electrons. The van der Waals surface area contributed by atoms with E-state index in [0.29, 0.717) is 0 Å². The summed E-state index contributed by atoms with van der Waals surface area (Å²) >= 11 is 1.38. The molecule has 0 saturated carbocycles. The SMILES string of the molecule is I.I.[CH3][Zn]. The summed E-state index contributed by atoms with van der Waals surface area (Å²) in [5, 5.41) is 0. The molecular formula is CH5I2Zn. The van der Waals surface area contributed by atoms with Crippen LogP contribution in [0.25, 0.3) is 0 Å². The molecule has 3 heteroatoms. The van der Waals surface area contributed by atoms with E-state index in [9.17, 15) is 0 Å².